The molecule has 3 aromatic rings. The second-order valence-electron chi connectivity index (χ2n) is 6.82. The molecule has 0 unspecified atom stereocenters. The molecule has 0 aliphatic heterocycles. The molecule has 0 saturated carbocycles. The van der Waals surface area contributed by atoms with Crippen LogP contribution in [0.15, 0.2) is 41.6 Å². The maximum absolute atomic E-state index is 13.2. The molecule has 1 aromatic heterocycles. The Kier molecular flexibility index (Phi) is 7.76. The Morgan fingerprint density at radius 3 is 2.73 bits per heavy atom. The number of thioether (sulfide) groups is 1. The van der Waals surface area contributed by atoms with E-state index in [1.165, 1.54) is 11.8 Å². The van der Waals surface area contributed by atoms with E-state index < -0.39 is 0 Å². The fourth-order valence-electron chi connectivity index (χ4n) is 3.33. The molecule has 0 aliphatic rings. The number of nitrogens with one attached hydrogen (secondary N) is 1. The monoisotopic (exact) mass is 427 g/mol. The number of hydrogen-bond acceptors (Lipinski definition) is 5. The molecule has 7 heteroatoms. The lowest BCUT2D eigenvalue weighted by atomic mass is 10.0. The summed E-state index contributed by atoms with van der Waals surface area (Å²) in [5.74, 6) is 1.06. The van der Waals surface area contributed by atoms with E-state index in [1.54, 1.807) is 4.90 Å². The fraction of sp³-hybridized carbons (Fsp3) is 0.391. The van der Waals surface area contributed by atoms with Crippen LogP contribution in [0.4, 0.5) is 5.69 Å². The Hall–Kier alpha value is -2.51. The lowest BCUT2D eigenvalue weighted by Crippen LogP contribution is -2.36. The van der Waals surface area contributed by atoms with Crippen LogP contribution in [0.3, 0.4) is 0 Å². The number of aromatic amines is 1. The molecule has 0 saturated heterocycles. The van der Waals surface area contributed by atoms with E-state index in [0.717, 1.165) is 40.0 Å². The van der Waals surface area contributed by atoms with Crippen molar-refractivity contribution in [3.05, 3.63) is 47.5 Å². The summed E-state index contributed by atoms with van der Waals surface area (Å²) in [6, 6.07) is 11.9. The molecule has 0 spiro atoms. The van der Waals surface area contributed by atoms with Crippen LogP contribution in [-0.4, -0.2) is 41.6 Å². The Balaban J connectivity index is 1.77. The summed E-state index contributed by atoms with van der Waals surface area (Å²) in [6.45, 7) is 9.42. The number of hydrogen-bond donors (Lipinski definition) is 1. The highest BCUT2D eigenvalue weighted by Crippen LogP contribution is 2.28. The first-order chi connectivity index (χ1) is 14.6. The largest absolute Gasteiger partial charge is 0.494 e. The van der Waals surface area contributed by atoms with E-state index in [4.69, 9.17) is 9.47 Å². The van der Waals surface area contributed by atoms with Crippen molar-refractivity contribution in [1.29, 1.82) is 0 Å². The van der Waals surface area contributed by atoms with Crippen molar-refractivity contribution in [2.24, 2.45) is 0 Å². The van der Waals surface area contributed by atoms with Gasteiger partial charge in [0, 0.05) is 12.7 Å². The number of fused-ring (bicyclic) bond motifs is 1. The van der Waals surface area contributed by atoms with Gasteiger partial charge in [-0.3, -0.25) is 9.69 Å². The molecule has 0 fully saturated rings. The number of nitrogens with zero attached hydrogens (tertiary/aromatic N) is 2. The van der Waals surface area contributed by atoms with Gasteiger partial charge in [-0.25, -0.2) is 4.98 Å². The molecule has 6 nitrogen and oxygen atoms in total. The van der Waals surface area contributed by atoms with Crippen molar-refractivity contribution >= 4 is 34.4 Å². The van der Waals surface area contributed by atoms with Gasteiger partial charge >= 0.3 is 0 Å². The summed E-state index contributed by atoms with van der Waals surface area (Å²) >= 11 is 1.40. The number of carbonyl (C=O) groups excluding carboxylic acids is 1. The summed E-state index contributed by atoms with van der Waals surface area (Å²) in [5, 5.41) is 0.712. The van der Waals surface area contributed by atoms with E-state index in [-0.39, 0.29) is 18.4 Å². The highest BCUT2D eigenvalue weighted by atomic mass is 32.2. The summed E-state index contributed by atoms with van der Waals surface area (Å²) in [4.78, 5) is 22.8. The number of H-pyrrole nitrogens is 1. The van der Waals surface area contributed by atoms with Gasteiger partial charge in [-0.15, -0.1) is 0 Å². The standard InChI is InChI=1S/C23H29N3O3S/c1-5-17-10-8-9-16(4)22(17)26(15-28-6-2)21(27)14-30-23-24-19-12-11-18(29-7-3)13-20(19)25-23/h8-13H,5-7,14-15H2,1-4H3,(H,24,25). The molecule has 1 amide bonds. The summed E-state index contributed by atoms with van der Waals surface area (Å²) in [5.41, 5.74) is 4.91. The Morgan fingerprint density at radius 2 is 2.00 bits per heavy atom. The normalized spacial score (nSPS) is 11.1. The maximum Gasteiger partial charge on any atom is 0.239 e. The van der Waals surface area contributed by atoms with Gasteiger partial charge in [0.2, 0.25) is 5.91 Å². The van der Waals surface area contributed by atoms with Crippen LogP contribution in [0.25, 0.3) is 11.0 Å². The van der Waals surface area contributed by atoms with Crippen LogP contribution in [0.5, 0.6) is 5.75 Å². The van der Waals surface area contributed by atoms with Crippen LogP contribution in [-0.2, 0) is 16.0 Å². The predicted octanol–water partition coefficient (Wildman–Crippen LogP) is 4.95. The third-order valence-electron chi connectivity index (χ3n) is 4.77. The molecule has 160 valence electrons. The van der Waals surface area contributed by atoms with Crippen molar-refractivity contribution in [1.82, 2.24) is 9.97 Å². The van der Waals surface area contributed by atoms with E-state index >= 15 is 0 Å². The van der Waals surface area contributed by atoms with Gasteiger partial charge in [0.25, 0.3) is 0 Å². The topological polar surface area (TPSA) is 67.4 Å². The second-order valence-corrected chi connectivity index (χ2v) is 7.79. The van der Waals surface area contributed by atoms with E-state index in [1.807, 2.05) is 51.1 Å². The Labute approximate surface area is 182 Å². The van der Waals surface area contributed by atoms with Gasteiger partial charge in [0.05, 0.1) is 29.1 Å². The molecular weight excluding hydrogens is 398 g/mol. The third kappa shape index (κ3) is 5.15. The van der Waals surface area contributed by atoms with Crippen molar-refractivity contribution in [3.8, 4) is 5.75 Å². The molecule has 0 radical (unpaired) electrons. The number of rotatable bonds is 10. The average Bonchev–Trinajstić information content (AvgIpc) is 3.15. The van der Waals surface area contributed by atoms with Gasteiger partial charge < -0.3 is 14.5 Å². The van der Waals surface area contributed by atoms with E-state index in [0.29, 0.717) is 18.4 Å². The van der Waals surface area contributed by atoms with Crippen molar-refractivity contribution < 1.29 is 14.3 Å². The molecule has 0 atom stereocenters. The second kappa shape index (κ2) is 10.5. The smallest absolute Gasteiger partial charge is 0.239 e. The maximum atomic E-state index is 13.2. The van der Waals surface area contributed by atoms with Crippen LogP contribution in [0.2, 0.25) is 0 Å². The summed E-state index contributed by atoms with van der Waals surface area (Å²) in [7, 11) is 0. The molecule has 0 bridgehead atoms. The molecule has 1 N–H and O–H groups in total. The highest BCUT2D eigenvalue weighted by molar-refractivity contribution is 7.99. The number of aryl methyl sites for hydroxylation is 2. The minimum Gasteiger partial charge on any atom is -0.494 e. The number of imidazole rings is 1. The zero-order valence-electron chi connectivity index (χ0n) is 18.0. The Morgan fingerprint density at radius 1 is 1.17 bits per heavy atom. The molecule has 30 heavy (non-hydrogen) atoms. The molecule has 0 aliphatic carbocycles. The highest BCUT2D eigenvalue weighted by Gasteiger charge is 2.21. The third-order valence-corrected chi connectivity index (χ3v) is 5.63. The Bertz CT molecular complexity index is 1000. The van der Waals surface area contributed by atoms with Crippen molar-refractivity contribution in [2.45, 2.75) is 39.3 Å². The fourth-order valence-corrected chi connectivity index (χ4v) is 4.09. The molecule has 1 heterocycles. The average molecular weight is 428 g/mol. The van der Waals surface area contributed by atoms with Crippen molar-refractivity contribution in [2.75, 3.05) is 30.6 Å². The molecule has 2 aromatic carbocycles. The summed E-state index contributed by atoms with van der Waals surface area (Å²) < 4.78 is 11.2. The first kappa shape index (κ1) is 22.2. The van der Waals surface area contributed by atoms with E-state index in [9.17, 15) is 4.79 Å². The van der Waals surface area contributed by atoms with E-state index in [2.05, 4.69) is 23.0 Å². The van der Waals surface area contributed by atoms with Crippen LogP contribution < -0.4 is 9.64 Å². The zero-order valence-corrected chi connectivity index (χ0v) is 18.8. The van der Waals surface area contributed by atoms with Gasteiger partial charge in [-0.2, -0.15) is 0 Å². The molecule has 3 rings (SSSR count). The number of benzene rings is 2. The quantitative estimate of drug-likeness (QED) is 0.366. The van der Waals surface area contributed by atoms with Gasteiger partial charge in [0.15, 0.2) is 5.16 Å². The number of amides is 1. The van der Waals surface area contributed by atoms with Crippen LogP contribution in [0.1, 0.15) is 31.9 Å². The molecular formula is C23H29N3O3S. The number of anilines is 1. The number of carbonyl (C=O) groups is 1. The van der Waals surface area contributed by atoms with Crippen molar-refractivity contribution in [3.63, 3.8) is 0 Å². The minimum atomic E-state index is -0.00656. The van der Waals surface area contributed by atoms with Crippen LogP contribution >= 0.6 is 11.8 Å². The lowest BCUT2D eigenvalue weighted by molar-refractivity contribution is -0.117. The first-order valence-electron chi connectivity index (χ1n) is 10.3. The van der Waals surface area contributed by atoms with Gasteiger partial charge in [0.1, 0.15) is 12.5 Å². The lowest BCUT2D eigenvalue weighted by Gasteiger charge is -2.26. The summed E-state index contributed by atoms with van der Waals surface area (Å²) in [6.07, 6.45) is 0.853. The number of ether oxygens (including phenoxy) is 2. The first-order valence-corrected chi connectivity index (χ1v) is 11.3. The van der Waals surface area contributed by atoms with Gasteiger partial charge in [-0.1, -0.05) is 36.9 Å². The zero-order chi connectivity index (χ0) is 21.5. The number of para-hydroxylation sites is 1. The van der Waals surface area contributed by atoms with Gasteiger partial charge in [-0.05, 0) is 50.5 Å². The SMILES string of the molecule is CCOCN(C(=O)CSc1nc2ccc(OCC)cc2[nH]1)c1c(C)cccc1CC. The predicted molar refractivity (Wildman–Crippen MR) is 123 cm³/mol. The number of aromatic nitrogens is 2. The minimum absolute atomic E-state index is 0.00656. The van der Waals surface area contributed by atoms with Crippen LogP contribution in [0, 0.1) is 6.92 Å².